The predicted molar refractivity (Wildman–Crippen MR) is 78.4 cm³/mol. The molecule has 0 atom stereocenters. The van der Waals surface area contributed by atoms with Gasteiger partial charge >= 0.3 is 0 Å². The average molecular weight is 292 g/mol. The number of amides is 1. The number of carbonyl (C=O) groups is 1. The Morgan fingerprint density at radius 3 is 2.95 bits per heavy atom. The van der Waals surface area contributed by atoms with Crippen molar-refractivity contribution in [2.24, 2.45) is 5.84 Å². The molecule has 0 saturated carbocycles. The molecular formula is C13H16N4O2S. The lowest BCUT2D eigenvalue weighted by molar-refractivity contribution is 0.0951. The zero-order valence-electron chi connectivity index (χ0n) is 11.1. The maximum atomic E-state index is 12.2. The van der Waals surface area contributed by atoms with E-state index in [1.54, 1.807) is 0 Å². The van der Waals surface area contributed by atoms with Crippen LogP contribution in [0.25, 0.3) is 10.6 Å². The van der Waals surface area contributed by atoms with Crippen molar-refractivity contribution in [2.75, 3.05) is 0 Å². The molecule has 2 aromatic rings. The average Bonchev–Trinajstić information content (AvgIpc) is 2.99. The molecular weight excluding hydrogens is 276 g/mol. The van der Waals surface area contributed by atoms with Crippen molar-refractivity contribution < 1.29 is 4.79 Å². The number of nitrogen functional groups attached to an aromatic ring is 1. The fourth-order valence-electron chi connectivity index (χ4n) is 1.79. The zero-order chi connectivity index (χ0) is 14.5. The molecule has 7 heteroatoms. The monoisotopic (exact) mass is 292 g/mol. The van der Waals surface area contributed by atoms with E-state index in [0.29, 0.717) is 12.2 Å². The van der Waals surface area contributed by atoms with Crippen LogP contribution in [0.4, 0.5) is 0 Å². The van der Waals surface area contributed by atoms with Crippen molar-refractivity contribution in [1.29, 1.82) is 0 Å². The minimum absolute atomic E-state index is 0.0157. The van der Waals surface area contributed by atoms with E-state index in [9.17, 15) is 9.59 Å². The highest BCUT2D eigenvalue weighted by molar-refractivity contribution is 7.13. The van der Waals surface area contributed by atoms with Gasteiger partial charge in [0.15, 0.2) is 0 Å². The number of aryl methyl sites for hydroxylation is 1. The first kappa shape index (κ1) is 14.4. The van der Waals surface area contributed by atoms with Crippen molar-refractivity contribution in [1.82, 2.24) is 15.2 Å². The number of thiophene rings is 1. The van der Waals surface area contributed by atoms with Crippen LogP contribution in [0.1, 0.15) is 30.1 Å². The Bertz CT molecular complexity index is 649. The third kappa shape index (κ3) is 2.94. The van der Waals surface area contributed by atoms with Gasteiger partial charge in [0.2, 0.25) is 0 Å². The Labute approximate surface area is 120 Å². The highest BCUT2D eigenvalue weighted by Gasteiger charge is 2.15. The molecule has 6 nitrogen and oxygen atoms in total. The van der Waals surface area contributed by atoms with E-state index in [1.165, 1.54) is 22.1 Å². The van der Waals surface area contributed by atoms with Gasteiger partial charge < -0.3 is 0 Å². The van der Waals surface area contributed by atoms with Gasteiger partial charge in [-0.2, -0.15) is 5.10 Å². The van der Waals surface area contributed by atoms with E-state index in [-0.39, 0.29) is 5.56 Å². The Morgan fingerprint density at radius 1 is 1.55 bits per heavy atom. The lowest BCUT2D eigenvalue weighted by Gasteiger charge is -2.08. The van der Waals surface area contributed by atoms with Crippen molar-refractivity contribution in [3.63, 3.8) is 0 Å². The summed E-state index contributed by atoms with van der Waals surface area (Å²) < 4.78 is 1.34. The summed E-state index contributed by atoms with van der Waals surface area (Å²) in [6, 6.07) is 5.27. The van der Waals surface area contributed by atoms with Gasteiger partial charge in [0.1, 0.15) is 11.3 Å². The Hall–Kier alpha value is -1.99. The van der Waals surface area contributed by atoms with Gasteiger partial charge in [0, 0.05) is 6.54 Å². The summed E-state index contributed by atoms with van der Waals surface area (Å²) in [5, 5.41) is 6.24. The molecule has 0 bridgehead atoms. The molecule has 0 spiro atoms. The predicted octanol–water partition coefficient (Wildman–Crippen LogP) is 1.38. The first-order valence-electron chi connectivity index (χ1n) is 6.34. The molecule has 0 fully saturated rings. The summed E-state index contributed by atoms with van der Waals surface area (Å²) in [6.45, 7) is 2.51. The van der Waals surface area contributed by atoms with Gasteiger partial charge in [0.25, 0.3) is 11.5 Å². The van der Waals surface area contributed by atoms with Crippen LogP contribution in [0.2, 0.25) is 0 Å². The molecule has 1 amide bonds. The standard InChI is InChI=1S/C13H16N4O2S/c1-2-3-6-17-13(19)9(12(18)15-14)8-10(16-17)11-5-4-7-20-11/h4-5,7-8H,2-3,6,14H2,1H3,(H,15,18). The summed E-state index contributed by atoms with van der Waals surface area (Å²) in [5.74, 6) is 4.53. The van der Waals surface area contributed by atoms with Crippen LogP contribution in [0, 0.1) is 0 Å². The summed E-state index contributed by atoms with van der Waals surface area (Å²) >= 11 is 1.50. The highest BCUT2D eigenvalue weighted by atomic mass is 32.1. The summed E-state index contributed by atoms with van der Waals surface area (Å²) in [6.07, 6.45) is 1.76. The molecule has 2 rings (SSSR count). The second-order valence-electron chi connectivity index (χ2n) is 4.28. The quantitative estimate of drug-likeness (QED) is 0.495. The van der Waals surface area contributed by atoms with Gasteiger partial charge in [-0.05, 0) is 23.9 Å². The third-order valence-electron chi connectivity index (χ3n) is 2.85. The molecule has 20 heavy (non-hydrogen) atoms. The van der Waals surface area contributed by atoms with E-state index >= 15 is 0 Å². The number of nitrogens with zero attached hydrogens (tertiary/aromatic N) is 2. The third-order valence-corrected chi connectivity index (χ3v) is 3.74. The molecule has 2 heterocycles. The van der Waals surface area contributed by atoms with Crippen LogP contribution in [0.5, 0.6) is 0 Å². The van der Waals surface area contributed by atoms with E-state index in [2.05, 4.69) is 5.10 Å². The van der Waals surface area contributed by atoms with Gasteiger partial charge in [0.05, 0.1) is 4.88 Å². The van der Waals surface area contributed by atoms with Gasteiger partial charge in [-0.3, -0.25) is 15.0 Å². The van der Waals surface area contributed by atoms with Crippen LogP contribution in [-0.2, 0) is 6.54 Å². The lowest BCUT2D eigenvalue weighted by atomic mass is 10.2. The largest absolute Gasteiger partial charge is 0.290 e. The number of hydrogen-bond acceptors (Lipinski definition) is 5. The fourth-order valence-corrected chi connectivity index (χ4v) is 2.47. The topological polar surface area (TPSA) is 90.0 Å². The summed E-state index contributed by atoms with van der Waals surface area (Å²) in [5.41, 5.74) is 2.21. The van der Waals surface area contributed by atoms with Gasteiger partial charge in [-0.25, -0.2) is 10.5 Å². The Balaban J connectivity index is 2.54. The fraction of sp³-hybridized carbons (Fsp3) is 0.308. The zero-order valence-corrected chi connectivity index (χ0v) is 11.9. The molecule has 0 saturated heterocycles. The number of nitrogens with one attached hydrogen (secondary N) is 1. The van der Waals surface area contributed by atoms with Crippen molar-refractivity contribution in [2.45, 2.75) is 26.3 Å². The molecule has 106 valence electrons. The maximum Gasteiger partial charge on any atom is 0.279 e. The number of hydrogen-bond donors (Lipinski definition) is 2. The van der Waals surface area contributed by atoms with E-state index in [1.807, 2.05) is 29.9 Å². The van der Waals surface area contributed by atoms with Gasteiger partial charge in [-0.1, -0.05) is 19.4 Å². The van der Waals surface area contributed by atoms with E-state index < -0.39 is 11.5 Å². The van der Waals surface area contributed by atoms with Gasteiger partial charge in [-0.15, -0.1) is 11.3 Å². The van der Waals surface area contributed by atoms with Crippen molar-refractivity contribution in [3.8, 4) is 10.6 Å². The van der Waals surface area contributed by atoms with Crippen LogP contribution < -0.4 is 16.8 Å². The van der Waals surface area contributed by atoms with Crippen molar-refractivity contribution >= 4 is 17.2 Å². The maximum absolute atomic E-state index is 12.2. The van der Waals surface area contributed by atoms with E-state index in [0.717, 1.165) is 17.7 Å². The number of rotatable bonds is 5. The first-order valence-corrected chi connectivity index (χ1v) is 7.22. The van der Waals surface area contributed by atoms with Crippen LogP contribution in [0.3, 0.4) is 0 Å². The number of carbonyl (C=O) groups excluding carboxylic acids is 1. The summed E-state index contributed by atoms with van der Waals surface area (Å²) in [4.78, 5) is 24.8. The Kier molecular flexibility index (Phi) is 4.65. The molecule has 0 aliphatic carbocycles. The highest BCUT2D eigenvalue weighted by Crippen LogP contribution is 2.22. The Morgan fingerprint density at radius 2 is 2.35 bits per heavy atom. The van der Waals surface area contributed by atoms with Crippen LogP contribution >= 0.6 is 11.3 Å². The number of hydrazine groups is 1. The number of nitrogens with two attached hydrogens (primary N) is 1. The molecule has 2 aromatic heterocycles. The lowest BCUT2D eigenvalue weighted by Crippen LogP contribution is -2.37. The summed E-state index contributed by atoms with van der Waals surface area (Å²) in [7, 11) is 0. The minimum Gasteiger partial charge on any atom is -0.290 e. The first-order chi connectivity index (χ1) is 9.67. The number of unbranched alkanes of at least 4 members (excludes halogenated alkanes) is 1. The molecule has 0 unspecified atom stereocenters. The molecule has 0 aliphatic rings. The van der Waals surface area contributed by atoms with Crippen molar-refractivity contribution in [3.05, 3.63) is 39.5 Å². The second kappa shape index (κ2) is 6.44. The normalized spacial score (nSPS) is 10.5. The van der Waals surface area contributed by atoms with E-state index in [4.69, 9.17) is 5.84 Å². The van der Waals surface area contributed by atoms with Crippen LogP contribution in [-0.4, -0.2) is 15.7 Å². The molecule has 0 aromatic carbocycles. The molecule has 3 N–H and O–H groups in total. The second-order valence-corrected chi connectivity index (χ2v) is 5.22. The minimum atomic E-state index is -0.597. The molecule has 0 radical (unpaired) electrons. The van der Waals surface area contributed by atoms with Crippen LogP contribution in [0.15, 0.2) is 28.4 Å². The SMILES string of the molecule is CCCCn1nc(-c2cccs2)cc(C(=O)NN)c1=O. The smallest absolute Gasteiger partial charge is 0.279 e. The number of aromatic nitrogens is 2. The molecule has 0 aliphatic heterocycles.